The van der Waals surface area contributed by atoms with Crippen molar-refractivity contribution in [1.82, 2.24) is 16.0 Å². The standard InChI is InChI=1S/C61H110N4O5S/c1-39(2)13-11-14-42(48-17-18-49-46-38-54(66)53-37-45(64-31-12-30-62)22-27-61(53,9)50(46)23-28-60(48,49)8)25-34-71(68,69)55-36-43-35-44(65-33-32-63-40(3)4)21-26-58(43,6)52-24-29-59(7)47(16-19-51(59)57(52)55)41(5)15-20-56(67)70-10/h39-55,57,63-66H,11-38,62H2,1-10H3. The normalized spacial score (nSPS) is 44.0. The fourth-order valence-electron chi connectivity index (χ4n) is 20.5. The second-order valence-corrected chi connectivity index (χ2v) is 30.8. The molecule has 0 amide bonds. The van der Waals surface area contributed by atoms with E-state index in [-0.39, 0.29) is 44.9 Å². The maximum absolute atomic E-state index is 15.9. The van der Waals surface area contributed by atoms with Crippen LogP contribution < -0.4 is 21.7 Å². The molecule has 0 aromatic carbocycles. The molecule has 9 nitrogen and oxygen atoms in total. The summed E-state index contributed by atoms with van der Waals surface area (Å²) in [5.41, 5.74) is 6.53. The average Bonchev–Trinajstić information content (AvgIpc) is 3.87. The van der Waals surface area contributed by atoms with Gasteiger partial charge in [-0.25, -0.2) is 8.42 Å². The van der Waals surface area contributed by atoms with Gasteiger partial charge < -0.3 is 31.5 Å². The molecule has 8 aliphatic carbocycles. The van der Waals surface area contributed by atoms with Gasteiger partial charge in [0, 0.05) is 37.6 Å². The maximum Gasteiger partial charge on any atom is 0.305 e. The number of nitrogens with one attached hydrogen (secondary N) is 3. The number of fused-ring (bicyclic) bond motifs is 10. The molecule has 0 radical (unpaired) electrons. The fraction of sp³-hybridized carbons (Fsp3) is 0.984. The highest BCUT2D eigenvalue weighted by atomic mass is 32.2. The van der Waals surface area contributed by atoms with Crippen LogP contribution in [0.2, 0.25) is 0 Å². The number of esters is 1. The minimum atomic E-state index is -3.42. The molecule has 10 heteroatoms. The van der Waals surface area contributed by atoms with E-state index >= 15 is 8.42 Å². The summed E-state index contributed by atoms with van der Waals surface area (Å²) >= 11 is 0. The molecule has 0 spiro atoms. The van der Waals surface area contributed by atoms with Crippen LogP contribution >= 0.6 is 0 Å². The van der Waals surface area contributed by atoms with Crippen LogP contribution in [0.3, 0.4) is 0 Å². The summed E-state index contributed by atoms with van der Waals surface area (Å²) in [6, 6.07) is 1.42. The van der Waals surface area contributed by atoms with Crippen molar-refractivity contribution < 1.29 is 23.1 Å². The van der Waals surface area contributed by atoms with Crippen molar-refractivity contribution in [1.29, 1.82) is 0 Å². The molecule has 0 aromatic rings. The largest absolute Gasteiger partial charge is 0.469 e. The summed E-state index contributed by atoms with van der Waals surface area (Å²) in [7, 11) is -1.92. The van der Waals surface area contributed by atoms with Crippen molar-refractivity contribution in [3.05, 3.63) is 0 Å². The van der Waals surface area contributed by atoms with Gasteiger partial charge in [-0.2, -0.15) is 0 Å². The van der Waals surface area contributed by atoms with E-state index in [0.29, 0.717) is 101 Å². The van der Waals surface area contributed by atoms with Gasteiger partial charge in [0.1, 0.15) is 0 Å². The van der Waals surface area contributed by atoms with E-state index in [1.54, 1.807) is 0 Å². The first-order valence-corrected chi connectivity index (χ1v) is 32.3. The number of carbonyl (C=O) groups is 1. The zero-order chi connectivity index (χ0) is 51.1. The summed E-state index contributed by atoms with van der Waals surface area (Å²) in [4.78, 5) is 12.4. The van der Waals surface area contributed by atoms with Gasteiger partial charge in [-0.05, 0) is 234 Å². The zero-order valence-electron chi connectivity index (χ0n) is 47.3. The van der Waals surface area contributed by atoms with E-state index < -0.39 is 9.84 Å². The summed E-state index contributed by atoms with van der Waals surface area (Å²) in [6.45, 7) is 25.5. The highest BCUT2D eigenvalue weighted by Gasteiger charge is 2.66. The van der Waals surface area contributed by atoms with E-state index in [4.69, 9.17) is 10.5 Å². The Kier molecular flexibility index (Phi) is 18.3. The molecule has 71 heavy (non-hydrogen) atoms. The molecule has 8 saturated carbocycles. The third-order valence-electron chi connectivity index (χ3n) is 24.3. The fourth-order valence-corrected chi connectivity index (χ4v) is 22.9. The Hall–Kier alpha value is -0.780. The maximum atomic E-state index is 15.9. The number of methoxy groups -OCH3 is 1. The van der Waals surface area contributed by atoms with E-state index in [1.165, 1.54) is 77.7 Å². The number of hydrogen-bond acceptors (Lipinski definition) is 9. The predicted octanol–water partition coefficient (Wildman–Crippen LogP) is 11.4. The zero-order valence-corrected chi connectivity index (χ0v) is 48.1. The first-order valence-electron chi connectivity index (χ1n) is 30.6. The van der Waals surface area contributed by atoms with Gasteiger partial charge in [-0.3, -0.25) is 4.79 Å². The lowest BCUT2D eigenvalue weighted by Crippen LogP contribution is -2.61. The molecule has 8 fully saturated rings. The van der Waals surface area contributed by atoms with Crippen molar-refractivity contribution >= 4 is 15.8 Å². The Labute approximate surface area is 435 Å². The molecule has 0 aliphatic heterocycles. The van der Waals surface area contributed by atoms with Gasteiger partial charge in [-0.1, -0.05) is 81.6 Å². The Morgan fingerprint density at radius 2 is 1.28 bits per heavy atom. The average molecular weight is 1010 g/mol. The van der Waals surface area contributed by atoms with Crippen LogP contribution in [0.5, 0.6) is 0 Å². The van der Waals surface area contributed by atoms with E-state index in [2.05, 4.69) is 78.3 Å². The van der Waals surface area contributed by atoms with Gasteiger partial charge in [0.2, 0.25) is 0 Å². The highest BCUT2D eigenvalue weighted by Crippen LogP contribution is 2.71. The summed E-state index contributed by atoms with van der Waals surface area (Å²) in [5.74, 6) is 6.57. The van der Waals surface area contributed by atoms with Gasteiger partial charge in [0.05, 0.1) is 24.2 Å². The van der Waals surface area contributed by atoms with Crippen LogP contribution in [0.25, 0.3) is 0 Å². The van der Waals surface area contributed by atoms with Crippen LogP contribution in [0.15, 0.2) is 0 Å². The van der Waals surface area contributed by atoms with Crippen molar-refractivity contribution in [2.45, 2.75) is 239 Å². The topological polar surface area (TPSA) is 143 Å². The SMILES string of the molecule is COC(=O)CCC(C)C1CCC2C3C(CCC12C)C1(C)CCC(NCCNC(C)C)CC1CC3S(=O)(=O)CCC(CCCC(C)C)C1CCC2C3CC(O)C4CC(NCCCN)CCC4(C)C3CCC12C. The summed E-state index contributed by atoms with van der Waals surface area (Å²) in [5, 5.41) is 23.2. The molecule has 0 bridgehead atoms. The molecular formula is C61H110N4O5S. The van der Waals surface area contributed by atoms with Crippen LogP contribution in [-0.4, -0.2) is 88.0 Å². The Bertz CT molecular complexity index is 1860. The minimum absolute atomic E-state index is 0.103. The predicted molar refractivity (Wildman–Crippen MR) is 292 cm³/mol. The Morgan fingerprint density at radius 1 is 0.662 bits per heavy atom. The number of carbonyl (C=O) groups excluding carboxylic acids is 1. The first-order chi connectivity index (χ1) is 33.7. The third-order valence-corrected chi connectivity index (χ3v) is 26.5. The van der Waals surface area contributed by atoms with Gasteiger partial charge in [-0.15, -0.1) is 0 Å². The lowest BCUT2D eigenvalue weighted by Gasteiger charge is -2.63. The van der Waals surface area contributed by atoms with Crippen molar-refractivity contribution in [3.8, 4) is 0 Å². The molecule has 0 heterocycles. The number of aliphatic hydroxyl groups excluding tert-OH is 1. The molecule has 8 rings (SSSR count). The number of ether oxygens (including phenoxy) is 1. The highest BCUT2D eigenvalue weighted by molar-refractivity contribution is 7.92. The lowest BCUT2D eigenvalue weighted by atomic mass is 9.43. The van der Waals surface area contributed by atoms with Gasteiger partial charge in [0.15, 0.2) is 9.84 Å². The molecule has 6 N–H and O–H groups in total. The van der Waals surface area contributed by atoms with Crippen molar-refractivity contribution in [2.24, 2.45) is 104 Å². The van der Waals surface area contributed by atoms with Gasteiger partial charge >= 0.3 is 5.97 Å². The second kappa shape index (κ2) is 23.1. The molecular weight excluding hydrogens is 901 g/mol. The third kappa shape index (κ3) is 11.3. The number of sulfone groups is 1. The molecule has 20 atom stereocenters. The molecule has 0 saturated heterocycles. The molecule has 20 unspecified atom stereocenters. The van der Waals surface area contributed by atoms with Crippen LogP contribution in [0.4, 0.5) is 0 Å². The first kappa shape index (κ1) is 56.4. The lowest BCUT2D eigenvalue weighted by molar-refractivity contribution is -0.162. The second-order valence-electron chi connectivity index (χ2n) is 28.5. The van der Waals surface area contributed by atoms with E-state index in [9.17, 15) is 9.90 Å². The number of rotatable bonds is 22. The van der Waals surface area contributed by atoms with Crippen molar-refractivity contribution in [2.75, 3.05) is 39.0 Å². The van der Waals surface area contributed by atoms with Crippen LogP contribution in [-0.2, 0) is 19.4 Å². The Morgan fingerprint density at radius 3 is 1.99 bits per heavy atom. The molecule has 0 aromatic heterocycles. The number of aliphatic hydroxyl groups is 1. The smallest absolute Gasteiger partial charge is 0.305 e. The van der Waals surface area contributed by atoms with Crippen LogP contribution in [0.1, 0.15) is 210 Å². The van der Waals surface area contributed by atoms with Gasteiger partial charge in [0.25, 0.3) is 0 Å². The number of nitrogens with two attached hydrogens (primary N) is 1. The van der Waals surface area contributed by atoms with E-state index in [0.717, 1.165) is 96.8 Å². The quantitative estimate of drug-likeness (QED) is 0.0529. The van der Waals surface area contributed by atoms with E-state index in [1.807, 2.05) is 0 Å². The monoisotopic (exact) mass is 1010 g/mol. The summed E-state index contributed by atoms with van der Waals surface area (Å²) in [6.07, 6.45) is 24.9. The minimum Gasteiger partial charge on any atom is -0.469 e. The molecule has 8 aliphatic rings. The van der Waals surface area contributed by atoms with Crippen molar-refractivity contribution in [3.63, 3.8) is 0 Å². The van der Waals surface area contributed by atoms with Crippen LogP contribution in [0, 0.1) is 98.6 Å². The number of hydrogen-bond donors (Lipinski definition) is 5. The summed E-state index contributed by atoms with van der Waals surface area (Å²) < 4.78 is 37.0. The molecule has 410 valence electrons. The Balaban J connectivity index is 1.03.